The van der Waals surface area contributed by atoms with Crippen molar-refractivity contribution >= 4 is 38.4 Å². The van der Waals surface area contributed by atoms with Crippen molar-refractivity contribution in [1.82, 2.24) is 19.8 Å². The van der Waals surface area contributed by atoms with E-state index in [1.165, 1.54) is 18.4 Å². The second-order valence-electron chi connectivity index (χ2n) is 12.0. The van der Waals surface area contributed by atoms with Gasteiger partial charge in [-0.3, -0.25) is 24.6 Å². The summed E-state index contributed by atoms with van der Waals surface area (Å²) in [5.74, 6) is -0.283. The molecule has 0 aliphatic heterocycles. The van der Waals surface area contributed by atoms with Crippen LogP contribution in [0.2, 0.25) is 0 Å². The third-order valence-corrected chi connectivity index (χ3v) is 10.5. The first kappa shape index (κ1) is 32.1. The van der Waals surface area contributed by atoms with E-state index in [2.05, 4.69) is 20.8 Å². The molecule has 4 aromatic rings. The van der Waals surface area contributed by atoms with Crippen molar-refractivity contribution in [2.75, 3.05) is 26.0 Å². The molecule has 0 saturated heterocycles. The third-order valence-electron chi connectivity index (χ3n) is 8.72. The van der Waals surface area contributed by atoms with Gasteiger partial charge in [0.25, 0.3) is 5.56 Å². The number of H-pyrrole nitrogens is 2. The van der Waals surface area contributed by atoms with Crippen LogP contribution in [0, 0.1) is 18.8 Å². The number of aryl methyl sites for hydroxylation is 1. The number of carbonyl (C=O) groups excluding carboxylic acids is 2. The first-order valence-corrected chi connectivity index (χ1v) is 16.5. The molecule has 1 unspecified atom stereocenters. The Morgan fingerprint density at radius 1 is 0.978 bits per heavy atom. The molecular formula is C33H40N6O5S. The van der Waals surface area contributed by atoms with Crippen LogP contribution in [0.4, 0.5) is 5.69 Å². The van der Waals surface area contributed by atoms with Gasteiger partial charge in [0.15, 0.2) is 0 Å². The fourth-order valence-electron chi connectivity index (χ4n) is 5.84. The van der Waals surface area contributed by atoms with E-state index < -0.39 is 16.1 Å². The number of sulfonamides is 1. The van der Waals surface area contributed by atoms with Gasteiger partial charge in [-0.2, -0.15) is 0 Å². The van der Waals surface area contributed by atoms with E-state index in [0.29, 0.717) is 29.1 Å². The number of anilines is 1. The van der Waals surface area contributed by atoms with Gasteiger partial charge in [0.05, 0.1) is 15.8 Å². The van der Waals surface area contributed by atoms with Gasteiger partial charge in [0, 0.05) is 32.1 Å². The Balaban J connectivity index is 1.37. The minimum atomic E-state index is -3.60. The van der Waals surface area contributed by atoms with E-state index in [4.69, 9.17) is 5.73 Å². The fraction of sp³-hybridized carbons (Fsp3) is 0.364. The molecule has 0 spiro atoms. The molecule has 0 radical (unpaired) electrons. The number of aromatic nitrogens is 2. The molecule has 1 fully saturated rings. The highest BCUT2D eigenvalue weighted by Crippen LogP contribution is 2.30. The Hall–Kier alpha value is -4.26. The summed E-state index contributed by atoms with van der Waals surface area (Å²) in [7, 11) is -0.598. The Morgan fingerprint density at radius 2 is 1.69 bits per heavy atom. The Bertz CT molecular complexity index is 1850. The van der Waals surface area contributed by atoms with Crippen LogP contribution in [0.3, 0.4) is 0 Å². The molecule has 238 valence electrons. The Morgan fingerprint density at radius 3 is 2.36 bits per heavy atom. The second-order valence-corrected chi connectivity index (χ2v) is 14.2. The van der Waals surface area contributed by atoms with Crippen molar-refractivity contribution in [1.29, 1.82) is 0 Å². The van der Waals surface area contributed by atoms with Gasteiger partial charge in [-0.1, -0.05) is 30.3 Å². The molecule has 1 aromatic heterocycles. The highest BCUT2D eigenvalue weighted by Gasteiger charge is 2.29. The highest BCUT2D eigenvalue weighted by molar-refractivity contribution is 7.89. The average molecular weight is 633 g/mol. The number of fused-ring (bicyclic) bond motifs is 1. The molecule has 1 atom stereocenters. The van der Waals surface area contributed by atoms with Crippen molar-refractivity contribution in [2.24, 2.45) is 17.6 Å². The van der Waals surface area contributed by atoms with E-state index in [-0.39, 0.29) is 34.6 Å². The van der Waals surface area contributed by atoms with Crippen molar-refractivity contribution in [3.63, 3.8) is 0 Å². The van der Waals surface area contributed by atoms with E-state index in [1.54, 1.807) is 36.4 Å². The van der Waals surface area contributed by atoms with E-state index in [1.807, 2.05) is 31.2 Å². The Kier molecular flexibility index (Phi) is 9.56. The van der Waals surface area contributed by atoms with Gasteiger partial charge in [-0.15, -0.1) is 0 Å². The van der Waals surface area contributed by atoms with Gasteiger partial charge in [-0.05, 0) is 97.7 Å². The molecule has 1 aliphatic rings. The van der Waals surface area contributed by atoms with Crippen LogP contribution >= 0.6 is 0 Å². The van der Waals surface area contributed by atoms with E-state index in [0.717, 1.165) is 47.9 Å². The lowest BCUT2D eigenvalue weighted by Gasteiger charge is -2.28. The summed E-state index contributed by atoms with van der Waals surface area (Å²) >= 11 is 0. The number of hydrogen-bond acceptors (Lipinski definition) is 6. The van der Waals surface area contributed by atoms with Crippen LogP contribution in [0.15, 0.2) is 70.4 Å². The lowest BCUT2D eigenvalue weighted by Crippen LogP contribution is -2.48. The molecule has 11 nitrogen and oxygen atoms in total. The minimum Gasteiger partial charge on any atom is -0.344 e. The van der Waals surface area contributed by atoms with Gasteiger partial charge in [0.1, 0.15) is 6.04 Å². The highest BCUT2D eigenvalue weighted by atomic mass is 32.2. The molecule has 0 bridgehead atoms. The molecule has 45 heavy (non-hydrogen) atoms. The number of aromatic amines is 2. The number of nitrogens with zero attached hydrogens (tertiary/aromatic N) is 1. The maximum absolute atomic E-state index is 13.6. The largest absolute Gasteiger partial charge is 0.344 e. The van der Waals surface area contributed by atoms with Crippen molar-refractivity contribution < 1.29 is 18.0 Å². The predicted molar refractivity (Wildman–Crippen MR) is 175 cm³/mol. The number of rotatable bonds is 10. The predicted octanol–water partition coefficient (Wildman–Crippen LogP) is 3.51. The van der Waals surface area contributed by atoms with Crippen LogP contribution in [0.1, 0.15) is 36.8 Å². The van der Waals surface area contributed by atoms with Crippen LogP contribution in [0.5, 0.6) is 0 Å². The molecule has 12 heteroatoms. The van der Waals surface area contributed by atoms with Crippen LogP contribution in [-0.4, -0.2) is 61.4 Å². The first-order valence-electron chi connectivity index (χ1n) is 15.1. The number of carbonyl (C=O) groups is 2. The number of nitrogens with two attached hydrogens (primary N) is 1. The molecule has 3 aromatic carbocycles. The van der Waals surface area contributed by atoms with Gasteiger partial charge < -0.3 is 16.4 Å². The number of hydrogen-bond donors (Lipinski definition) is 5. The maximum Gasteiger partial charge on any atom is 0.271 e. The summed E-state index contributed by atoms with van der Waals surface area (Å²) in [6.45, 7) is 2.54. The van der Waals surface area contributed by atoms with E-state index in [9.17, 15) is 22.8 Å². The summed E-state index contributed by atoms with van der Waals surface area (Å²) in [6, 6.07) is 16.7. The van der Waals surface area contributed by atoms with Gasteiger partial charge in [-0.25, -0.2) is 12.7 Å². The first-order chi connectivity index (χ1) is 21.5. The minimum absolute atomic E-state index is 0.151. The van der Waals surface area contributed by atoms with E-state index >= 15 is 0 Å². The topological polar surface area (TPSA) is 170 Å². The van der Waals surface area contributed by atoms with Crippen molar-refractivity contribution in [3.8, 4) is 11.1 Å². The van der Waals surface area contributed by atoms with Crippen LogP contribution in [-0.2, 0) is 26.0 Å². The number of amides is 2. The lowest BCUT2D eigenvalue weighted by atomic mass is 9.81. The average Bonchev–Trinajstić information content (AvgIpc) is 3.40. The summed E-state index contributed by atoms with van der Waals surface area (Å²) in [5, 5.41) is 11.7. The third kappa shape index (κ3) is 7.19. The quantitative estimate of drug-likeness (QED) is 0.179. The molecular weight excluding hydrogens is 592 g/mol. The molecule has 1 saturated carbocycles. The summed E-state index contributed by atoms with van der Waals surface area (Å²) < 4.78 is 26.6. The normalized spacial score (nSPS) is 17.7. The molecule has 1 heterocycles. The SMILES string of the molecule is Cc1ccc(S(=O)(=O)N(C)C)cc1-c1ccc(CC(NC(=O)C2CCC(CN)CC2)C(=O)Nc2ccc3c(=O)[nH][nH]c3c2)cc1. The van der Waals surface area contributed by atoms with Crippen molar-refractivity contribution in [2.45, 2.75) is 50.0 Å². The monoisotopic (exact) mass is 632 g/mol. The zero-order valence-electron chi connectivity index (χ0n) is 25.7. The fourth-order valence-corrected chi connectivity index (χ4v) is 6.77. The summed E-state index contributed by atoms with van der Waals surface area (Å²) in [6.07, 6.45) is 3.48. The molecule has 2 amide bonds. The van der Waals surface area contributed by atoms with Crippen LogP contribution < -0.4 is 21.9 Å². The zero-order valence-corrected chi connectivity index (χ0v) is 26.5. The van der Waals surface area contributed by atoms with Gasteiger partial charge in [0.2, 0.25) is 21.8 Å². The second kappa shape index (κ2) is 13.4. The Labute approximate surface area is 262 Å². The molecule has 6 N–H and O–H groups in total. The zero-order chi connectivity index (χ0) is 32.3. The standard InChI is InChI=1S/C33H40N6O5S/c1-20-4-14-26(45(43,44)39(2)3)18-28(20)23-9-5-21(6-10-23)16-30(36-31(40)24-11-7-22(19-34)8-12-24)33(42)35-25-13-15-27-29(17-25)37-38-32(27)41/h4-6,9-10,13-15,17-18,22,24,30H,7-8,11-12,16,19,34H2,1-3H3,(H,35,42)(H,36,40)(H2,37,38,41). The number of nitrogens with one attached hydrogen (secondary N) is 4. The summed E-state index contributed by atoms with van der Waals surface area (Å²) in [5.41, 5.74) is 10.0. The lowest BCUT2D eigenvalue weighted by molar-refractivity contribution is -0.130. The van der Waals surface area contributed by atoms with Gasteiger partial charge >= 0.3 is 0 Å². The maximum atomic E-state index is 13.6. The van der Waals surface area contributed by atoms with Crippen LogP contribution in [0.25, 0.3) is 22.0 Å². The smallest absolute Gasteiger partial charge is 0.271 e. The summed E-state index contributed by atoms with van der Waals surface area (Å²) in [4.78, 5) is 39.1. The molecule has 5 rings (SSSR count). The van der Waals surface area contributed by atoms with Crippen molar-refractivity contribution in [3.05, 3.63) is 82.1 Å². The molecule has 1 aliphatic carbocycles. The number of benzene rings is 3.